The second-order valence-corrected chi connectivity index (χ2v) is 9.68. The van der Waals surface area contributed by atoms with Crippen LogP contribution in [0.1, 0.15) is 35.8 Å². The predicted octanol–water partition coefficient (Wildman–Crippen LogP) is 3.41. The van der Waals surface area contributed by atoms with Crippen LogP contribution in [0.3, 0.4) is 0 Å². The molecule has 9 heteroatoms. The topological polar surface area (TPSA) is 79.0 Å². The Morgan fingerprint density at radius 2 is 1.81 bits per heavy atom. The van der Waals surface area contributed by atoms with Crippen molar-refractivity contribution >= 4 is 27.5 Å². The quantitative estimate of drug-likeness (QED) is 0.579. The molecule has 0 heterocycles. The van der Waals surface area contributed by atoms with Crippen molar-refractivity contribution in [2.75, 3.05) is 40.8 Å². The number of carbonyl (C=O) groups is 1. The van der Waals surface area contributed by atoms with Gasteiger partial charge in [-0.05, 0) is 49.0 Å². The normalized spacial score (nSPS) is 12.8. The van der Waals surface area contributed by atoms with Gasteiger partial charge >= 0.3 is 0 Å². The Kier molecular flexibility index (Phi) is 8.88. The minimum Gasteiger partial charge on any atom is -0.497 e. The van der Waals surface area contributed by atoms with Crippen LogP contribution in [0.5, 0.6) is 5.75 Å². The number of nitrogens with one attached hydrogen (secondary N) is 1. The van der Waals surface area contributed by atoms with Crippen molar-refractivity contribution in [3.05, 3.63) is 58.6 Å². The molecule has 0 bridgehead atoms. The number of methoxy groups -OCH3 is 1. The third-order valence-electron chi connectivity index (χ3n) is 5.14. The molecule has 1 atom stereocenters. The SMILES string of the molecule is CCN(CC)C(CNC(=O)c1ccc(Cl)c(S(=O)(=O)N(C)C)c1)c1cccc(OC)c1. The first-order chi connectivity index (χ1) is 14.6. The monoisotopic (exact) mass is 467 g/mol. The van der Waals surface area contributed by atoms with Crippen molar-refractivity contribution in [2.24, 2.45) is 0 Å². The van der Waals surface area contributed by atoms with Gasteiger partial charge in [-0.15, -0.1) is 0 Å². The molecule has 0 aliphatic carbocycles. The zero-order valence-electron chi connectivity index (χ0n) is 18.6. The van der Waals surface area contributed by atoms with Crippen LogP contribution in [-0.4, -0.2) is 64.4 Å². The molecule has 7 nitrogen and oxygen atoms in total. The number of carbonyl (C=O) groups excluding carboxylic acids is 1. The molecule has 2 aromatic carbocycles. The van der Waals surface area contributed by atoms with E-state index in [4.69, 9.17) is 16.3 Å². The standard InChI is InChI=1S/C22H30ClN3O4S/c1-6-26(7-2)20(16-9-8-10-18(13-16)30-5)15-24-22(27)17-11-12-19(23)21(14-17)31(28,29)25(3)4/h8-14,20H,6-7,15H2,1-5H3,(H,24,27). The van der Waals surface area contributed by atoms with Gasteiger partial charge in [-0.1, -0.05) is 37.6 Å². The number of benzene rings is 2. The summed E-state index contributed by atoms with van der Waals surface area (Å²) in [6.45, 7) is 6.10. The van der Waals surface area contributed by atoms with Crippen molar-refractivity contribution in [3.63, 3.8) is 0 Å². The molecule has 0 aliphatic heterocycles. The Labute approximate surface area is 190 Å². The average molecular weight is 468 g/mol. The van der Waals surface area contributed by atoms with E-state index in [1.807, 2.05) is 24.3 Å². The molecule has 2 rings (SSSR count). The zero-order chi connectivity index (χ0) is 23.2. The van der Waals surface area contributed by atoms with Gasteiger partial charge in [-0.25, -0.2) is 12.7 Å². The highest BCUT2D eigenvalue weighted by Gasteiger charge is 2.24. The average Bonchev–Trinajstić information content (AvgIpc) is 2.76. The van der Waals surface area contributed by atoms with Crippen LogP contribution >= 0.6 is 11.6 Å². The molecule has 31 heavy (non-hydrogen) atoms. The fraction of sp³-hybridized carbons (Fsp3) is 0.409. The van der Waals surface area contributed by atoms with E-state index in [0.717, 1.165) is 28.7 Å². The molecule has 0 fully saturated rings. The third-order valence-corrected chi connectivity index (χ3v) is 7.44. The van der Waals surface area contributed by atoms with Gasteiger partial charge in [0.1, 0.15) is 10.6 Å². The van der Waals surface area contributed by atoms with Crippen LogP contribution in [0.15, 0.2) is 47.4 Å². The first-order valence-corrected chi connectivity index (χ1v) is 11.9. The number of likely N-dealkylation sites (N-methyl/N-ethyl adjacent to an activating group) is 1. The van der Waals surface area contributed by atoms with E-state index in [1.54, 1.807) is 7.11 Å². The molecule has 0 saturated carbocycles. The smallest absolute Gasteiger partial charge is 0.251 e. The molecule has 170 valence electrons. The van der Waals surface area contributed by atoms with Gasteiger partial charge in [-0.2, -0.15) is 0 Å². The van der Waals surface area contributed by atoms with Gasteiger partial charge in [0, 0.05) is 26.2 Å². The fourth-order valence-electron chi connectivity index (χ4n) is 3.30. The first-order valence-electron chi connectivity index (χ1n) is 10.0. The maximum absolute atomic E-state index is 12.9. The van der Waals surface area contributed by atoms with Gasteiger partial charge < -0.3 is 10.1 Å². The minimum absolute atomic E-state index is 0.0636. The maximum atomic E-state index is 12.9. The summed E-state index contributed by atoms with van der Waals surface area (Å²) in [4.78, 5) is 15.0. The summed E-state index contributed by atoms with van der Waals surface area (Å²) in [6.07, 6.45) is 0. The van der Waals surface area contributed by atoms with Crippen LogP contribution in [0.2, 0.25) is 5.02 Å². The van der Waals surface area contributed by atoms with Crippen molar-refractivity contribution in [1.82, 2.24) is 14.5 Å². The summed E-state index contributed by atoms with van der Waals surface area (Å²) in [6, 6.07) is 11.9. The molecule has 0 aliphatic rings. The Morgan fingerprint density at radius 3 is 2.39 bits per heavy atom. The number of nitrogens with zero attached hydrogens (tertiary/aromatic N) is 2. The predicted molar refractivity (Wildman–Crippen MR) is 123 cm³/mol. The summed E-state index contributed by atoms with van der Waals surface area (Å²) in [5.74, 6) is 0.379. The number of rotatable bonds is 10. The van der Waals surface area contributed by atoms with Gasteiger partial charge in [0.25, 0.3) is 5.91 Å². The molecular weight excluding hydrogens is 438 g/mol. The van der Waals surface area contributed by atoms with Gasteiger partial charge in [0.15, 0.2) is 0 Å². The van der Waals surface area contributed by atoms with E-state index in [1.165, 1.54) is 32.3 Å². The summed E-state index contributed by atoms with van der Waals surface area (Å²) in [7, 11) is 0.686. The lowest BCUT2D eigenvalue weighted by Crippen LogP contribution is -2.38. The Balaban J connectivity index is 2.29. The number of amides is 1. The Bertz CT molecular complexity index is 1010. The highest BCUT2D eigenvalue weighted by molar-refractivity contribution is 7.89. The zero-order valence-corrected chi connectivity index (χ0v) is 20.1. The maximum Gasteiger partial charge on any atom is 0.251 e. The van der Waals surface area contributed by atoms with E-state index in [-0.39, 0.29) is 27.4 Å². The van der Waals surface area contributed by atoms with Crippen molar-refractivity contribution in [3.8, 4) is 5.75 Å². The second kappa shape index (κ2) is 10.9. The van der Waals surface area contributed by atoms with Gasteiger partial charge in [0.05, 0.1) is 18.2 Å². The van der Waals surface area contributed by atoms with Crippen molar-refractivity contribution in [2.45, 2.75) is 24.8 Å². The molecule has 0 aromatic heterocycles. The molecule has 0 saturated heterocycles. The van der Waals surface area contributed by atoms with Gasteiger partial charge in [0.2, 0.25) is 10.0 Å². The van der Waals surface area contributed by atoms with E-state index in [2.05, 4.69) is 24.1 Å². The molecule has 0 spiro atoms. The molecule has 1 unspecified atom stereocenters. The molecule has 0 radical (unpaired) electrons. The number of sulfonamides is 1. The lowest BCUT2D eigenvalue weighted by atomic mass is 10.0. The van der Waals surface area contributed by atoms with E-state index in [9.17, 15) is 13.2 Å². The lowest BCUT2D eigenvalue weighted by molar-refractivity contribution is 0.0934. The number of halogens is 1. The molecule has 2 aromatic rings. The van der Waals surface area contributed by atoms with Crippen LogP contribution in [0.4, 0.5) is 0 Å². The highest BCUT2D eigenvalue weighted by Crippen LogP contribution is 2.26. The first kappa shape index (κ1) is 25.1. The summed E-state index contributed by atoms with van der Waals surface area (Å²) >= 11 is 6.09. The largest absolute Gasteiger partial charge is 0.497 e. The van der Waals surface area contributed by atoms with Crippen LogP contribution in [0, 0.1) is 0 Å². The van der Waals surface area contributed by atoms with Crippen molar-refractivity contribution < 1.29 is 17.9 Å². The number of ether oxygens (including phenoxy) is 1. The van der Waals surface area contributed by atoms with E-state index >= 15 is 0 Å². The van der Waals surface area contributed by atoms with Crippen LogP contribution in [0.25, 0.3) is 0 Å². The number of hydrogen-bond donors (Lipinski definition) is 1. The summed E-state index contributed by atoms with van der Waals surface area (Å²) in [5.41, 5.74) is 1.25. The third kappa shape index (κ3) is 5.98. The number of hydrogen-bond acceptors (Lipinski definition) is 5. The minimum atomic E-state index is -3.77. The van der Waals surface area contributed by atoms with Crippen molar-refractivity contribution in [1.29, 1.82) is 0 Å². The van der Waals surface area contributed by atoms with Gasteiger partial charge in [-0.3, -0.25) is 9.69 Å². The summed E-state index contributed by atoms with van der Waals surface area (Å²) in [5, 5.41) is 3.01. The lowest BCUT2D eigenvalue weighted by Gasteiger charge is -2.30. The molecule has 1 N–H and O–H groups in total. The Hall–Kier alpha value is -2.13. The van der Waals surface area contributed by atoms with E-state index < -0.39 is 10.0 Å². The molecule has 1 amide bonds. The van der Waals surface area contributed by atoms with Crippen LogP contribution in [-0.2, 0) is 10.0 Å². The van der Waals surface area contributed by atoms with E-state index in [0.29, 0.717) is 6.54 Å². The van der Waals surface area contributed by atoms with Crippen LogP contribution < -0.4 is 10.1 Å². The molecular formula is C22H30ClN3O4S. The fourth-order valence-corrected chi connectivity index (χ4v) is 4.70. The highest BCUT2D eigenvalue weighted by atomic mass is 35.5. The second-order valence-electron chi connectivity index (χ2n) is 7.16. The Morgan fingerprint density at radius 1 is 1.13 bits per heavy atom. The summed E-state index contributed by atoms with van der Waals surface area (Å²) < 4.78 is 31.4.